The molecular weight excluding hydrogens is 238 g/mol. The first kappa shape index (κ1) is 13.4. The minimum atomic E-state index is 0.489. The van der Waals surface area contributed by atoms with Gasteiger partial charge in [-0.2, -0.15) is 0 Å². The molecule has 19 heavy (non-hydrogen) atoms. The van der Waals surface area contributed by atoms with Gasteiger partial charge in [-0.1, -0.05) is 6.92 Å². The second kappa shape index (κ2) is 6.25. The Hall–Kier alpha value is -0.580. The third-order valence-corrected chi connectivity index (χ3v) is 4.68. The first-order valence-corrected chi connectivity index (χ1v) is 7.89. The average Bonchev–Trinajstić information content (AvgIpc) is 2.50. The number of ether oxygens (including phenoxy) is 1. The maximum atomic E-state index is 5.58. The van der Waals surface area contributed by atoms with Crippen molar-refractivity contribution in [3.8, 4) is 0 Å². The molecule has 0 spiro atoms. The van der Waals surface area contributed by atoms with E-state index >= 15 is 0 Å². The molecule has 3 saturated heterocycles. The predicted octanol–water partition coefficient (Wildman–Crippen LogP) is 1.05. The zero-order valence-electron chi connectivity index (χ0n) is 12.1. The topological polar surface area (TPSA) is 27.7 Å². The zero-order chi connectivity index (χ0) is 13.1. The summed E-state index contributed by atoms with van der Waals surface area (Å²) >= 11 is 0. The fourth-order valence-corrected chi connectivity index (χ4v) is 3.60. The quantitative estimate of drug-likeness (QED) is 0.804. The summed E-state index contributed by atoms with van der Waals surface area (Å²) in [6, 6.07) is 1.13. The highest BCUT2D eigenvalue weighted by atomic mass is 16.5. The minimum absolute atomic E-state index is 0.489. The van der Waals surface area contributed by atoms with Gasteiger partial charge in [0, 0.05) is 44.8 Å². The van der Waals surface area contributed by atoms with Crippen molar-refractivity contribution in [1.82, 2.24) is 15.1 Å². The highest BCUT2D eigenvalue weighted by Crippen LogP contribution is 2.25. The summed E-state index contributed by atoms with van der Waals surface area (Å²) in [5, 5.41) is 3.78. The maximum Gasteiger partial charge on any atom is 0.0876 e. The van der Waals surface area contributed by atoms with Crippen LogP contribution in [0.15, 0.2) is 11.8 Å². The van der Waals surface area contributed by atoms with E-state index in [4.69, 9.17) is 4.74 Å². The Morgan fingerprint density at radius 1 is 1.37 bits per heavy atom. The Balaban J connectivity index is 1.72. The van der Waals surface area contributed by atoms with E-state index in [2.05, 4.69) is 22.0 Å². The number of fused-ring (bicyclic) bond motifs is 3. The molecule has 3 fully saturated rings. The van der Waals surface area contributed by atoms with Crippen molar-refractivity contribution in [3.05, 3.63) is 11.8 Å². The SMILES string of the molecule is CCCNC(C1=COCCC1)C1CN2CCN1CC2. The predicted molar refractivity (Wildman–Crippen MR) is 77.2 cm³/mol. The second-order valence-corrected chi connectivity index (χ2v) is 6.00. The van der Waals surface area contributed by atoms with Gasteiger partial charge in [-0.05, 0) is 31.4 Å². The molecule has 0 aliphatic carbocycles. The van der Waals surface area contributed by atoms with Gasteiger partial charge in [-0.25, -0.2) is 0 Å². The molecule has 4 heterocycles. The Morgan fingerprint density at radius 2 is 2.21 bits per heavy atom. The van der Waals surface area contributed by atoms with Gasteiger partial charge in [0.2, 0.25) is 0 Å². The number of hydrogen-bond donors (Lipinski definition) is 1. The molecular formula is C15H27N3O. The number of nitrogens with zero attached hydrogens (tertiary/aromatic N) is 2. The molecule has 2 atom stereocenters. The van der Waals surface area contributed by atoms with Gasteiger partial charge < -0.3 is 10.1 Å². The lowest BCUT2D eigenvalue weighted by molar-refractivity contribution is 0.000623. The van der Waals surface area contributed by atoms with E-state index in [0.29, 0.717) is 12.1 Å². The van der Waals surface area contributed by atoms with Crippen LogP contribution >= 0.6 is 0 Å². The Bertz CT molecular complexity index is 323. The van der Waals surface area contributed by atoms with Crippen LogP contribution in [0.2, 0.25) is 0 Å². The van der Waals surface area contributed by atoms with Crippen molar-refractivity contribution in [2.45, 2.75) is 38.3 Å². The van der Waals surface area contributed by atoms with E-state index in [-0.39, 0.29) is 0 Å². The summed E-state index contributed by atoms with van der Waals surface area (Å²) in [5.41, 5.74) is 1.48. The Labute approximate surface area is 116 Å². The normalized spacial score (nSPS) is 35.6. The van der Waals surface area contributed by atoms with Gasteiger partial charge >= 0.3 is 0 Å². The number of rotatable bonds is 5. The van der Waals surface area contributed by atoms with Crippen LogP contribution in [0.25, 0.3) is 0 Å². The third kappa shape index (κ3) is 2.96. The van der Waals surface area contributed by atoms with E-state index in [1.807, 2.05) is 6.26 Å². The fraction of sp³-hybridized carbons (Fsp3) is 0.867. The monoisotopic (exact) mass is 265 g/mol. The molecule has 1 N–H and O–H groups in total. The lowest BCUT2D eigenvalue weighted by Crippen LogP contribution is -2.66. The Morgan fingerprint density at radius 3 is 2.79 bits per heavy atom. The third-order valence-electron chi connectivity index (χ3n) is 4.68. The molecule has 0 amide bonds. The van der Waals surface area contributed by atoms with Crippen molar-refractivity contribution in [2.75, 3.05) is 45.9 Å². The van der Waals surface area contributed by atoms with E-state index in [1.54, 1.807) is 0 Å². The standard InChI is InChI=1S/C15H27N3O/c1-2-5-16-15(13-4-3-10-19-12-13)14-11-17-6-8-18(14)9-7-17/h12,14-16H,2-11H2,1H3. The molecule has 0 aromatic heterocycles. The summed E-state index contributed by atoms with van der Waals surface area (Å²) < 4.78 is 5.58. The lowest BCUT2D eigenvalue weighted by atomic mass is 9.91. The van der Waals surface area contributed by atoms with Crippen LogP contribution in [0.4, 0.5) is 0 Å². The van der Waals surface area contributed by atoms with E-state index in [9.17, 15) is 0 Å². The molecule has 2 bridgehead atoms. The molecule has 4 aliphatic heterocycles. The molecule has 4 nitrogen and oxygen atoms in total. The summed E-state index contributed by atoms with van der Waals surface area (Å²) in [6.45, 7) is 10.5. The van der Waals surface area contributed by atoms with Gasteiger partial charge in [-0.3, -0.25) is 9.80 Å². The number of nitrogens with one attached hydrogen (secondary N) is 1. The van der Waals surface area contributed by atoms with Crippen molar-refractivity contribution in [3.63, 3.8) is 0 Å². The molecule has 108 valence electrons. The first-order valence-electron chi connectivity index (χ1n) is 7.89. The van der Waals surface area contributed by atoms with Gasteiger partial charge in [-0.15, -0.1) is 0 Å². The van der Waals surface area contributed by atoms with Gasteiger partial charge in [0.05, 0.1) is 12.9 Å². The lowest BCUT2D eigenvalue weighted by Gasteiger charge is -2.50. The molecule has 4 heteroatoms. The smallest absolute Gasteiger partial charge is 0.0876 e. The van der Waals surface area contributed by atoms with Crippen LogP contribution in [0.5, 0.6) is 0 Å². The van der Waals surface area contributed by atoms with Crippen LogP contribution in [0.1, 0.15) is 26.2 Å². The molecule has 4 rings (SSSR count). The molecule has 0 radical (unpaired) electrons. The summed E-state index contributed by atoms with van der Waals surface area (Å²) in [6.07, 6.45) is 5.61. The van der Waals surface area contributed by atoms with Crippen LogP contribution in [0, 0.1) is 0 Å². The van der Waals surface area contributed by atoms with E-state index in [0.717, 1.165) is 13.2 Å². The van der Waals surface area contributed by atoms with Crippen molar-refractivity contribution < 1.29 is 4.74 Å². The average molecular weight is 265 g/mol. The van der Waals surface area contributed by atoms with Crippen LogP contribution in [-0.2, 0) is 4.74 Å². The highest BCUT2D eigenvalue weighted by molar-refractivity contribution is 5.16. The van der Waals surface area contributed by atoms with Crippen molar-refractivity contribution >= 4 is 0 Å². The summed E-state index contributed by atoms with van der Waals surface area (Å²) in [5.74, 6) is 0. The van der Waals surface area contributed by atoms with Gasteiger partial charge in [0.25, 0.3) is 0 Å². The van der Waals surface area contributed by atoms with E-state index in [1.165, 1.54) is 57.6 Å². The first-order chi connectivity index (χ1) is 9.38. The summed E-state index contributed by atoms with van der Waals surface area (Å²) in [4.78, 5) is 5.30. The molecule has 0 aromatic rings. The van der Waals surface area contributed by atoms with Crippen molar-refractivity contribution in [1.29, 1.82) is 0 Å². The molecule has 0 saturated carbocycles. The largest absolute Gasteiger partial charge is 0.501 e. The molecule has 4 aliphatic rings. The van der Waals surface area contributed by atoms with Crippen LogP contribution < -0.4 is 5.32 Å². The Kier molecular flexibility index (Phi) is 4.41. The summed E-state index contributed by atoms with van der Waals surface area (Å²) in [7, 11) is 0. The number of piperazine rings is 3. The van der Waals surface area contributed by atoms with Crippen LogP contribution in [-0.4, -0.2) is 67.8 Å². The highest BCUT2D eigenvalue weighted by Gasteiger charge is 2.38. The maximum absolute atomic E-state index is 5.58. The molecule has 0 aromatic carbocycles. The van der Waals surface area contributed by atoms with Crippen LogP contribution in [0.3, 0.4) is 0 Å². The second-order valence-electron chi connectivity index (χ2n) is 6.00. The van der Waals surface area contributed by atoms with Gasteiger partial charge in [0.15, 0.2) is 0 Å². The number of hydrogen-bond acceptors (Lipinski definition) is 4. The molecule has 2 unspecified atom stereocenters. The zero-order valence-corrected chi connectivity index (χ0v) is 12.1. The van der Waals surface area contributed by atoms with E-state index < -0.39 is 0 Å². The minimum Gasteiger partial charge on any atom is -0.501 e. The van der Waals surface area contributed by atoms with Gasteiger partial charge in [0.1, 0.15) is 0 Å². The fourth-order valence-electron chi connectivity index (χ4n) is 3.60. The van der Waals surface area contributed by atoms with Crippen molar-refractivity contribution in [2.24, 2.45) is 0 Å².